The van der Waals surface area contributed by atoms with Gasteiger partial charge in [0.2, 0.25) is 0 Å². The third-order valence-corrected chi connectivity index (χ3v) is 3.56. The summed E-state index contributed by atoms with van der Waals surface area (Å²) in [7, 11) is 1.60. The van der Waals surface area contributed by atoms with Crippen molar-refractivity contribution in [1.82, 2.24) is 0 Å². The number of carbonyl (C=O) groups is 1. The van der Waals surface area contributed by atoms with Gasteiger partial charge in [0.1, 0.15) is 5.75 Å². The fourth-order valence-electron chi connectivity index (χ4n) is 2.12. The first kappa shape index (κ1) is 17.4. The van der Waals surface area contributed by atoms with Crippen molar-refractivity contribution in [2.75, 3.05) is 13.7 Å². The van der Waals surface area contributed by atoms with Gasteiger partial charge in [-0.15, -0.1) is 0 Å². The molecule has 23 heavy (non-hydrogen) atoms. The van der Waals surface area contributed by atoms with Crippen LogP contribution in [0.4, 0.5) is 0 Å². The van der Waals surface area contributed by atoms with E-state index >= 15 is 0 Å². The molecule has 2 rings (SSSR count). The Kier molecular flexibility index (Phi) is 6.08. The Morgan fingerprint density at radius 3 is 2.17 bits per heavy atom. The number of rotatable bonds is 5. The molecule has 0 saturated heterocycles. The van der Waals surface area contributed by atoms with Crippen LogP contribution in [0.3, 0.4) is 0 Å². The van der Waals surface area contributed by atoms with E-state index < -0.39 is 5.97 Å². The Bertz CT molecular complexity index is 701. The van der Waals surface area contributed by atoms with Gasteiger partial charge in [-0.25, -0.2) is 4.79 Å². The SMILES string of the molecule is CCOC(=O)/C=C(/c1ccc(OC)cc1)c1cc(Cl)cc(Cl)c1. The van der Waals surface area contributed by atoms with Gasteiger partial charge in [0.05, 0.1) is 13.7 Å². The minimum absolute atomic E-state index is 0.307. The van der Waals surface area contributed by atoms with Crippen molar-refractivity contribution in [3.8, 4) is 5.75 Å². The summed E-state index contributed by atoms with van der Waals surface area (Å²) in [5.74, 6) is 0.308. The maximum absolute atomic E-state index is 11.9. The van der Waals surface area contributed by atoms with Crippen LogP contribution in [0.2, 0.25) is 10.0 Å². The van der Waals surface area contributed by atoms with Gasteiger partial charge in [0.25, 0.3) is 0 Å². The predicted octanol–water partition coefficient (Wildman–Crippen LogP) is 5.00. The van der Waals surface area contributed by atoms with Gasteiger partial charge in [-0.1, -0.05) is 35.3 Å². The highest BCUT2D eigenvalue weighted by atomic mass is 35.5. The third-order valence-electron chi connectivity index (χ3n) is 3.12. The monoisotopic (exact) mass is 350 g/mol. The molecule has 2 aromatic rings. The highest BCUT2D eigenvalue weighted by molar-refractivity contribution is 6.35. The molecule has 0 radical (unpaired) electrons. The van der Waals surface area contributed by atoms with Crippen LogP contribution in [0.25, 0.3) is 5.57 Å². The van der Waals surface area contributed by atoms with Gasteiger partial charge in [0.15, 0.2) is 0 Å². The minimum atomic E-state index is -0.422. The van der Waals surface area contributed by atoms with E-state index in [0.717, 1.165) is 16.9 Å². The standard InChI is InChI=1S/C18H16Cl2O3/c1-3-23-18(21)11-17(12-4-6-16(22-2)7-5-12)13-8-14(19)10-15(20)9-13/h4-11H,3H2,1-2H3/b17-11-. The van der Waals surface area contributed by atoms with Gasteiger partial charge >= 0.3 is 5.97 Å². The number of esters is 1. The second-order valence-electron chi connectivity index (χ2n) is 4.70. The number of methoxy groups -OCH3 is 1. The third kappa shape index (κ3) is 4.75. The number of hydrogen-bond acceptors (Lipinski definition) is 3. The maximum Gasteiger partial charge on any atom is 0.331 e. The lowest BCUT2D eigenvalue weighted by Crippen LogP contribution is -2.02. The number of benzene rings is 2. The van der Waals surface area contributed by atoms with Crippen molar-refractivity contribution in [2.24, 2.45) is 0 Å². The zero-order chi connectivity index (χ0) is 16.8. The summed E-state index contributed by atoms with van der Waals surface area (Å²) in [5.41, 5.74) is 2.24. The first-order valence-corrected chi connectivity index (χ1v) is 7.78. The van der Waals surface area contributed by atoms with Crippen LogP contribution in [0.15, 0.2) is 48.5 Å². The van der Waals surface area contributed by atoms with Crippen LogP contribution in [-0.4, -0.2) is 19.7 Å². The normalized spacial score (nSPS) is 11.2. The summed E-state index contributed by atoms with van der Waals surface area (Å²) in [6.45, 7) is 2.07. The summed E-state index contributed by atoms with van der Waals surface area (Å²) in [6.07, 6.45) is 1.44. The molecule has 0 amide bonds. The molecule has 0 aliphatic heterocycles. The molecule has 0 N–H and O–H groups in total. The van der Waals surface area contributed by atoms with E-state index in [1.54, 1.807) is 32.2 Å². The fraction of sp³-hybridized carbons (Fsp3) is 0.167. The van der Waals surface area contributed by atoms with E-state index in [4.69, 9.17) is 32.7 Å². The van der Waals surface area contributed by atoms with Crippen LogP contribution in [0.1, 0.15) is 18.1 Å². The van der Waals surface area contributed by atoms with Gasteiger partial charge < -0.3 is 9.47 Å². The Balaban J connectivity index is 2.52. The molecule has 0 aliphatic rings. The zero-order valence-electron chi connectivity index (χ0n) is 12.8. The highest BCUT2D eigenvalue weighted by Gasteiger charge is 2.11. The number of halogens is 2. The van der Waals surface area contributed by atoms with Crippen molar-refractivity contribution in [3.05, 3.63) is 69.7 Å². The van der Waals surface area contributed by atoms with Crippen molar-refractivity contribution in [3.63, 3.8) is 0 Å². The molecular formula is C18H16Cl2O3. The van der Waals surface area contributed by atoms with Crippen LogP contribution < -0.4 is 4.74 Å². The second kappa shape index (κ2) is 8.04. The van der Waals surface area contributed by atoms with Crippen LogP contribution in [-0.2, 0) is 9.53 Å². The quantitative estimate of drug-likeness (QED) is 0.562. The van der Waals surface area contributed by atoms with E-state index in [9.17, 15) is 4.79 Å². The van der Waals surface area contributed by atoms with Gasteiger partial charge in [0, 0.05) is 16.1 Å². The lowest BCUT2D eigenvalue weighted by molar-refractivity contribution is -0.137. The maximum atomic E-state index is 11.9. The number of carbonyl (C=O) groups excluding carboxylic acids is 1. The molecule has 2 aromatic carbocycles. The molecule has 0 bridgehead atoms. The second-order valence-corrected chi connectivity index (χ2v) is 5.57. The Hall–Kier alpha value is -1.97. The molecule has 0 spiro atoms. The summed E-state index contributed by atoms with van der Waals surface area (Å²) in [4.78, 5) is 11.9. The molecule has 0 aliphatic carbocycles. The summed E-state index contributed by atoms with van der Waals surface area (Å²) >= 11 is 12.2. The molecule has 0 saturated carbocycles. The van der Waals surface area contributed by atoms with Gasteiger partial charge in [-0.05, 0) is 54.0 Å². The van der Waals surface area contributed by atoms with E-state index in [0.29, 0.717) is 22.2 Å². The minimum Gasteiger partial charge on any atom is -0.497 e. The molecule has 0 atom stereocenters. The van der Waals surface area contributed by atoms with E-state index in [2.05, 4.69) is 0 Å². The van der Waals surface area contributed by atoms with Crippen molar-refractivity contribution in [2.45, 2.75) is 6.92 Å². The molecule has 0 heterocycles. The van der Waals surface area contributed by atoms with Crippen molar-refractivity contribution in [1.29, 1.82) is 0 Å². The first-order chi connectivity index (χ1) is 11.0. The van der Waals surface area contributed by atoms with Gasteiger partial charge in [-0.3, -0.25) is 0 Å². The summed E-state index contributed by atoms with van der Waals surface area (Å²) < 4.78 is 10.2. The zero-order valence-corrected chi connectivity index (χ0v) is 14.3. The summed E-state index contributed by atoms with van der Waals surface area (Å²) in [6, 6.07) is 12.5. The lowest BCUT2D eigenvalue weighted by atomic mass is 9.97. The largest absolute Gasteiger partial charge is 0.497 e. The van der Waals surface area contributed by atoms with E-state index in [1.165, 1.54) is 6.08 Å². The first-order valence-electron chi connectivity index (χ1n) is 7.03. The van der Waals surface area contributed by atoms with Crippen LogP contribution in [0.5, 0.6) is 5.75 Å². The van der Waals surface area contributed by atoms with Crippen LogP contribution in [0, 0.1) is 0 Å². The fourth-order valence-corrected chi connectivity index (χ4v) is 2.64. The number of ether oxygens (including phenoxy) is 2. The lowest BCUT2D eigenvalue weighted by Gasteiger charge is -2.11. The molecule has 0 aromatic heterocycles. The Morgan fingerprint density at radius 2 is 1.65 bits per heavy atom. The van der Waals surface area contributed by atoms with E-state index in [-0.39, 0.29) is 0 Å². The Labute approximate surface area is 145 Å². The molecule has 3 nitrogen and oxygen atoms in total. The molecule has 0 unspecified atom stereocenters. The van der Waals surface area contributed by atoms with Crippen LogP contribution >= 0.6 is 23.2 Å². The smallest absolute Gasteiger partial charge is 0.331 e. The van der Waals surface area contributed by atoms with Crippen molar-refractivity contribution < 1.29 is 14.3 Å². The topological polar surface area (TPSA) is 35.5 Å². The van der Waals surface area contributed by atoms with Gasteiger partial charge in [-0.2, -0.15) is 0 Å². The highest BCUT2D eigenvalue weighted by Crippen LogP contribution is 2.30. The molecule has 5 heteroatoms. The number of hydrogen-bond donors (Lipinski definition) is 0. The average molecular weight is 351 g/mol. The average Bonchev–Trinajstić information content (AvgIpc) is 2.52. The van der Waals surface area contributed by atoms with E-state index in [1.807, 2.05) is 24.3 Å². The molecular weight excluding hydrogens is 335 g/mol. The predicted molar refractivity (Wildman–Crippen MR) is 93.2 cm³/mol. The molecule has 0 fully saturated rings. The Morgan fingerprint density at radius 1 is 1.04 bits per heavy atom. The summed E-state index contributed by atoms with van der Waals surface area (Å²) in [5, 5.41) is 0.992. The van der Waals surface area contributed by atoms with Crippen molar-refractivity contribution >= 4 is 34.7 Å². The molecule has 120 valence electrons.